The normalized spacial score (nSPS) is 25.2. The summed E-state index contributed by atoms with van der Waals surface area (Å²) in [6.45, 7) is 6.08. The summed E-state index contributed by atoms with van der Waals surface area (Å²) in [4.78, 5) is 16.7. The van der Waals surface area contributed by atoms with Crippen molar-refractivity contribution in [3.63, 3.8) is 0 Å². The molecule has 6 nitrogen and oxygen atoms in total. The molecule has 1 saturated carbocycles. The fraction of sp³-hybridized carbons (Fsp3) is 0.542. The Labute approximate surface area is 185 Å². The zero-order valence-corrected chi connectivity index (χ0v) is 18.2. The second kappa shape index (κ2) is 8.71. The van der Waals surface area contributed by atoms with Gasteiger partial charge in [-0.1, -0.05) is 37.4 Å². The smallest absolute Gasteiger partial charge is 0.135 e. The van der Waals surface area contributed by atoms with Crippen LogP contribution >= 0.6 is 0 Å². The maximum Gasteiger partial charge on any atom is 0.135 e. The van der Waals surface area contributed by atoms with Crippen molar-refractivity contribution in [2.24, 2.45) is 5.92 Å². The zero-order valence-electron chi connectivity index (χ0n) is 18.2. The van der Waals surface area contributed by atoms with Crippen molar-refractivity contribution in [3.8, 4) is 0 Å². The number of anilines is 1. The van der Waals surface area contributed by atoms with Gasteiger partial charge in [-0.3, -0.25) is 0 Å². The number of hydrogen-bond donors (Lipinski definition) is 2. The minimum atomic E-state index is -0.659. The van der Waals surface area contributed by atoms with Gasteiger partial charge >= 0.3 is 0 Å². The molecule has 0 aromatic carbocycles. The van der Waals surface area contributed by atoms with E-state index in [0.717, 1.165) is 67.5 Å². The first-order valence-corrected chi connectivity index (χ1v) is 11.6. The van der Waals surface area contributed by atoms with E-state index in [-0.39, 0.29) is 11.8 Å². The third-order valence-electron chi connectivity index (χ3n) is 7.19. The molecule has 0 amide bonds. The lowest BCUT2D eigenvalue weighted by atomic mass is 9.71. The van der Waals surface area contributed by atoms with E-state index >= 15 is 0 Å². The first kappa shape index (κ1) is 20.6. The van der Waals surface area contributed by atoms with E-state index in [1.54, 1.807) is 0 Å². The Kier molecular flexibility index (Phi) is 5.80. The summed E-state index contributed by atoms with van der Waals surface area (Å²) in [6, 6.07) is 4.24. The molecule has 160 valence electrons. The third kappa shape index (κ3) is 4.01. The molecule has 1 saturated heterocycles. The summed E-state index contributed by atoms with van der Waals surface area (Å²) in [5, 5.41) is 14.2. The van der Waals surface area contributed by atoms with Gasteiger partial charge in [0.15, 0.2) is 0 Å². The molecule has 2 radical (unpaired) electrons. The van der Waals surface area contributed by atoms with E-state index in [4.69, 9.17) is 17.8 Å². The van der Waals surface area contributed by atoms with Crippen molar-refractivity contribution in [3.05, 3.63) is 52.6 Å². The summed E-state index contributed by atoms with van der Waals surface area (Å²) in [5.74, 6) is 2.22. The SMILES string of the molecule is [B]C1=Cc2cnc([C@@H](C)c3ccc(N4CCNCC4)nc3)nc2C(C2CCCC2)C1O. The van der Waals surface area contributed by atoms with Gasteiger partial charge in [0.05, 0.1) is 11.8 Å². The van der Waals surface area contributed by atoms with Gasteiger partial charge in [-0.05, 0) is 30.4 Å². The number of fused-ring (bicyclic) bond motifs is 1. The highest BCUT2D eigenvalue weighted by molar-refractivity contribution is 6.25. The van der Waals surface area contributed by atoms with Crippen LogP contribution in [-0.4, -0.2) is 60.2 Å². The molecule has 2 unspecified atom stereocenters. The molecule has 0 spiro atoms. The van der Waals surface area contributed by atoms with E-state index in [2.05, 4.69) is 34.3 Å². The summed E-state index contributed by atoms with van der Waals surface area (Å²) in [6.07, 6.45) is 9.68. The molecular formula is C24H30BN5O. The molecule has 0 bridgehead atoms. The quantitative estimate of drug-likeness (QED) is 0.748. The van der Waals surface area contributed by atoms with Gasteiger partial charge in [0.25, 0.3) is 0 Å². The second-order valence-electron chi connectivity index (χ2n) is 9.14. The van der Waals surface area contributed by atoms with Crippen molar-refractivity contribution >= 4 is 19.7 Å². The van der Waals surface area contributed by atoms with Crippen LogP contribution in [0.25, 0.3) is 6.08 Å². The van der Waals surface area contributed by atoms with Gasteiger partial charge < -0.3 is 15.3 Å². The Balaban J connectivity index is 1.42. The predicted octanol–water partition coefficient (Wildman–Crippen LogP) is 2.59. The van der Waals surface area contributed by atoms with E-state index in [0.29, 0.717) is 11.4 Å². The molecule has 2 aromatic heterocycles. The van der Waals surface area contributed by atoms with Crippen LogP contribution in [0.3, 0.4) is 0 Å². The monoisotopic (exact) mass is 415 g/mol. The van der Waals surface area contributed by atoms with Crippen LogP contribution in [0.2, 0.25) is 0 Å². The van der Waals surface area contributed by atoms with Crippen molar-refractivity contribution in [2.75, 3.05) is 31.1 Å². The number of rotatable bonds is 4. The average Bonchev–Trinajstić information content (AvgIpc) is 3.34. The van der Waals surface area contributed by atoms with E-state index < -0.39 is 6.10 Å². The maximum absolute atomic E-state index is 10.9. The Bertz CT molecular complexity index is 951. The number of piperazine rings is 1. The first-order valence-electron chi connectivity index (χ1n) is 11.6. The van der Waals surface area contributed by atoms with Gasteiger partial charge in [0.1, 0.15) is 19.5 Å². The lowest BCUT2D eigenvalue weighted by Gasteiger charge is -2.33. The van der Waals surface area contributed by atoms with Crippen molar-refractivity contribution in [1.29, 1.82) is 0 Å². The molecule has 7 heteroatoms. The molecule has 2 N–H and O–H groups in total. The summed E-state index contributed by atoms with van der Waals surface area (Å²) >= 11 is 0. The van der Waals surface area contributed by atoms with Gasteiger partial charge in [-0.15, -0.1) is 0 Å². The minimum Gasteiger partial charge on any atom is -0.389 e. The van der Waals surface area contributed by atoms with Gasteiger partial charge in [0, 0.05) is 56.0 Å². The van der Waals surface area contributed by atoms with Crippen LogP contribution in [-0.2, 0) is 0 Å². The maximum atomic E-state index is 10.9. The van der Waals surface area contributed by atoms with Crippen LogP contribution in [0.1, 0.15) is 67.1 Å². The van der Waals surface area contributed by atoms with Gasteiger partial charge in [-0.2, -0.15) is 0 Å². The van der Waals surface area contributed by atoms with Gasteiger partial charge in [-0.25, -0.2) is 15.0 Å². The lowest BCUT2D eigenvalue weighted by molar-refractivity contribution is 0.150. The standard InChI is InChI=1S/C24H30BN5O/c1-15(17-6-7-20(27-13-17)30-10-8-26-9-11-30)24-28-14-18-12-19(25)23(31)21(22(18)29-24)16-4-2-3-5-16/h6-7,12-16,21,23,26,31H,2-5,8-11H2,1H3/t15-,21?,23?/m0/s1. The zero-order chi connectivity index (χ0) is 21.4. The molecule has 2 aliphatic carbocycles. The number of nitrogens with one attached hydrogen (secondary N) is 1. The largest absolute Gasteiger partial charge is 0.389 e. The molecule has 1 aliphatic heterocycles. The summed E-state index contributed by atoms with van der Waals surface area (Å²) < 4.78 is 0. The van der Waals surface area contributed by atoms with E-state index in [1.807, 2.05) is 18.5 Å². The Morgan fingerprint density at radius 1 is 1.13 bits per heavy atom. The third-order valence-corrected chi connectivity index (χ3v) is 7.19. The van der Waals surface area contributed by atoms with Crippen LogP contribution in [0.4, 0.5) is 5.82 Å². The number of aliphatic hydroxyl groups is 1. The van der Waals surface area contributed by atoms with Crippen LogP contribution in [0.5, 0.6) is 0 Å². The van der Waals surface area contributed by atoms with Crippen LogP contribution in [0.15, 0.2) is 30.0 Å². The molecular weight excluding hydrogens is 385 g/mol. The second-order valence-corrected chi connectivity index (χ2v) is 9.14. The molecule has 3 aliphatic rings. The lowest BCUT2D eigenvalue weighted by Crippen LogP contribution is -2.43. The summed E-state index contributed by atoms with van der Waals surface area (Å²) in [7, 11) is 6.16. The molecule has 31 heavy (non-hydrogen) atoms. The van der Waals surface area contributed by atoms with Crippen molar-refractivity contribution < 1.29 is 5.11 Å². The molecule has 2 aromatic rings. The Morgan fingerprint density at radius 3 is 2.61 bits per heavy atom. The molecule has 3 heterocycles. The first-order chi connectivity index (χ1) is 15.1. The number of pyridine rings is 1. The molecule has 3 atom stereocenters. The van der Waals surface area contributed by atoms with Crippen molar-refractivity contribution in [1.82, 2.24) is 20.3 Å². The number of hydrogen-bond acceptors (Lipinski definition) is 6. The molecule has 5 rings (SSSR count). The highest BCUT2D eigenvalue weighted by Gasteiger charge is 2.37. The average molecular weight is 415 g/mol. The van der Waals surface area contributed by atoms with Crippen LogP contribution < -0.4 is 10.2 Å². The number of nitrogens with zero attached hydrogens (tertiary/aromatic N) is 4. The number of aliphatic hydroxyl groups excluding tert-OH is 1. The molecule has 2 fully saturated rings. The summed E-state index contributed by atoms with van der Waals surface area (Å²) in [5.41, 5.74) is 3.53. The van der Waals surface area contributed by atoms with Gasteiger partial charge in [0.2, 0.25) is 0 Å². The fourth-order valence-electron chi connectivity index (χ4n) is 5.31. The van der Waals surface area contributed by atoms with E-state index in [1.165, 1.54) is 12.8 Å². The van der Waals surface area contributed by atoms with Crippen LogP contribution in [0, 0.1) is 5.92 Å². The predicted molar refractivity (Wildman–Crippen MR) is 123 cm³/mol. The Morgan fingerprint density at radius 2 is 1.90 bits per heavy atom. The highest BCUT2D eigenvalue weighted by Crippen LogP contribution is 2.44. The Hall–Kier alpha value is -2.25. The fourth-order valence-corrected chi connectivity index (χ4v) is 5.31. The topological polar surface area (TPSA) is 74.2 Å². The van der Waals surface area contributed by atoms with Crippen molar-refractivity contribution in [2.45, 2.75) is 50.5 Å². The van der Waals surface area contributed by atoms with E-state index in [9.17, 15) is 5.11 Å². The highest BCUT2D eigenvalue weighted by atomic mass is 16.3. The minimum absolute atomic E-state index is 0.0273. The number of aromatic nitrogens is 3.